The van der Waals surface area contributed by atoms with Gasteiger partial charge in [-0.1, -0.05) is 53.5 Å². The molecule has 1 amide bonds. The molecule has 1 fully saturated rings. The van der Waals surface area contributed by atoms with Crippen LogP contribution in [0.4, 0.5) is 0 Å². The predicted molar refractivity (Wildman–Crippen MR) is 107 cm³/mol. The van der Waals surface area contributed by atoms with Gasteiger partial charge in [0.1, 0.15) is 5.75 Å². The summed E-state index contributed by atoms with van der Waals surface area (Å²) in [6.45, 7) is 3.45. The van der Waals surface area contributed by atoms with E-state index in [4.69, 9.17) is 32.7 Å². The van der Waals surface area contributed by atoms with Crippen LogP contribution in [-0.2, 0) is 9.53 Å². The van der Waals surface area contributed by atoms with Gasteiger partial charge >= 0.3 is 0 Å². The summed E-state index contributed by atoms with van der Waals surface area (Å²) in [6, 6.07) is 15.2. The molecular formula is C20H22Cl2N2O3. The van der Waals surface area contributed by atoms with E-state index in [-0.39, 0.29) is 18.6 Å². The van der Waals surface area contributed by atoms with Crippen molar-refractivity contribution in [3.63, 3.8) is 0 Å². The molecule has 0 saturated carbocycles. The van der Waals surface area contributed by atoms with E-state index in [1.54, 1.807) is 18.2 Å². The largest absolute Gasteiger partial charge is 0.482 e. The van der Waals surface area contributed by atoms with Crippen LogP contribution in [0.25, 0.3) is 0 Å². The number of carbonyl (C=O) groups is 1. The van der Waals surface area contributed by atoms with Crippen LogP contribution >= 0.6 is 23.2 Å². The minimum Gasteiger partial charge on any atom is -0.482 e. The Kier molecular flexibility index (Phi) is 7.35. The van der Waals surface area contributed by atoms with Gasteiger partial charge in [-0.3, -0.25) is 9.69 Å². The van der Waals surface area contributed by atoms with Crippen LogP contribution in [0.15, 0.2) is 48.5 Å². The zero-order valence-electron chi connectivity index (χ0n) is 14.9. The van der Waals surface area contributed by atoms with Crippen LogP contribution in [0.3, 0.4) is 0 Å². The second-order valence-corrected chi connectivity index (χ2v) is 7.09. The molecule has 3 rings (SSSR count). The first-order valence-electron chi connectivity index (χ1n) is 8.85. The highest BCUT2D eigenvalue weighted by atomic mass is 35.5. The van der Waals surface area contributed by atoms with Crippen molar-refractivity contribution in [3.05, 3.63) is 64.1 Å². The van der Waals surface area contributed by atoms with Gasteiger partial charge in [0.25, 0.3) is 5.91 Å². The van der Waals surface area contributed by atoms with Crippen molar-refractivity contribution in [1.82, 2.24) is 10.2 Å². The van der Waals surface area contributed by atoms with Crippen LogP contribution in [-0.4, -0.2) is 50.3 Å². The van der Waals surface area contributed by atoms with E-state index in [1.807, 2.05) is 18.2 Å². The predicted octanol–water partition coefficient (Wildman–Crippen LogP) is 3.56. The first kappa shape index (κ1) is 20.0. The Hall–Kier alpha value is -1.79. The van der Waals surface area contributed by atoms with Crippen molar-refractivity contribution in [2.24, 2.45) is 0 Å². The SMILES string of the molecule is O=C(COc1cc(Cl)ccc1Cl)NCC(c1ccccc1)N1CCOCC1. The van der Waals surface area contributed by atoms with Crippen LogP contribution in [0.5, 0.6) is 5.75 Å². The molecule has 1 N–H and O–H groups in total. The van der Waals surface area contributed by atoms with Gasteiger partial charge in [-0.2, -0.15) is 0 Å². The molecule has 1 saturated heterocycles. The van der Waals surface area contributed by atoms with E-state index < -0.39 is 0 Å². The van der Waals surface area contributed by atoms with E-state index in [2.05, 4.69) is 22.3 Å². The van der Waals surface area contributed by atoms with Gasteiger partial charge in [-0.15, -0.1) is 0 Å². The highest BCUT2D eigenvalue weighted by molar-refractivity contribution is 6.34. The normalized spacial score (nSPS) is 15.9. The molecule has 1 atom stereocenters. The third kappa shape index (κ3) is 5.84. The van der Waals surface area contributed by atoms with Crippen LogP contribution in [0.2, 0.25) is 10.0 Å². The van der Waals surface area contributed by atoms with Crippen LogP contribution in [0.1, 0.15) is 11.6 Å². The van der Waals surface area contributed by atoms with E-state index in [0.29, 0.717) is 35.6 Å². The summed E-state index contributed by atoms with van der Waals surface area (Å²) in [5.41, 5.74) is 1.17. The number of hydrogen-bond acceptors (Lipinski definition) is 4. The van der Waals surface area contributed by atoms with Crippen molar-refractivity contribution < 1.29 is 14.3 Å². The molecule has 7 heteroatoms. The zero-order valence-corrected chi connectivity index (χ0v) is 16.4. The molecule has 1 aliphatic rings. The Morgan fingerprint density at radius 1 is 1.15 bits per heavy atom. The molecule has 1 heterocycles. The van der Waals surface area contributed by atoms with E-state index in [1.165, 1.54) is 5.56 Å². The maximum Gasteiger partial charge on any atom is 0.258 e. The number of halogens is 2. The fourth-order valence-corrected chi connectivity index (χ4v) is 3.35. The van der Waals surface area contributed by atoms with Gasteiger partial charge in [0, 0.05) is 30.7 Å². The lowest BCUT2D eigenvalue weighted by atomic mass is 10.0. The van der Waals surface area contributed by atoms with Crippen molar-refractivity contribution in [3.8, 4) is 5.75 Å². The number of amides is 1. The Balaban J connectivity index is 1.57. The summed E-state index contributed by atoms with van der Waals surface area (Å²) >= 11 is 12.0. The highest BCUT2D eigenvalue weighted by Gasteiger charge is 2.23. The molecule has 0 aliphatic carbocycles. The quantitative estimate of drug-likeness (QED) is 0.760. The van der Waals surface area contributed by atoms with E-state index in [9.17, 15) is 4.79 Å². The summed E-state index contributed by atoms with van der Waals surface area (Å²) in [5.74, 6) is 0.187. The Labute approximate surface area is 169 Å². The number of benzene rings is 2. The maximum absolute atomic E-state index is 12.3. The summed E-state index contributed by atoms with van der Waals surface area (Å²) in [4.78, 5) is 14.6. The maximum atomic E-state index is 12.3. The molecule has 2 aromatic carbocycles. The summed E-state index contributed by atoms with van der Waals surface area (Å²) in [6.07, 6.45) is 0. The molecule has 0 aromatic heterocycles. The third-order valence-electron chi connectivity index (χ3n) is 4.42. The second-order valence-electron chi connectivity index (χ2n) is 6.24. The number of hydrogen-bond donors (Lipinski definition) is 1. The van der Waals surface area contributed by atoms with Crippen molar-refractivity contribution in [1.29, 1.82) is 0 Å². The first-order valence-corrected chi connectivity index (χ1v) is 9.60. The number of ether oxygens (including phenoxy) is 2. The number of nitrogens with zero attached hydrogens (tertiary/aromatic N) is 1. The lowest BCUT2D eigenvalue weighted by Crippen LogP contribution is -2.44. The van der Waals surface area contributed by atoms with E-state index in [0.717, 1.165) is 13.1 Å². The fourth-order valence-electron chi connectivity index (χ4n) is 3.01. The topological polar surface area (TPSA) is 50.8 Å². The highest BCUT2D eigenvalue weighted by Crippen LogP contribution is 2.27. The standard InChI is InChI=1S/C20H22Cl2N2O3/c21-16-6-7-17(22)19(12-16)27-14-20(25)23-13-18(15-4-2-1-3-5-15)24-8-10-26-11-9-24/h1-7,12,18H,8-11,13-14H2,(H,23,25). The zero-order chi connectivity index (χ0) is 19.1. The van der Waals surface area contributed by atoms with E-state index >= 15 is 0 Å². The number of morpholine rings is 1. The Bertz CT molecular complexity index is 752. The van der Waals surface area contributed by atoms with Gasteiger partial charge in [-0.25, -0.2) is 0 Å². The van der Waals surface area contributed by atoms with Gasteiger partial charge in [0.2, 0.25) is 0 Å². The molecule has 0 spiro atoms. The Morgan fingerprint density at radius 2 is 1.89 bits per heavy atom. The molecule has 144 valence electrons. The molecule has 27 heavy (non-hydrogen) atoms. The number of nitrogens with one attached hydrogen (secondary N) is 1. The van der Waals surface area contributed by atoms with Gasteiger partial charge in [0.15, 0.2) is 6.61 Å². The molecule has 2 aromatic rings. The average molecular weight is 409 g/mol. The fraction of sp³-hybridized carbons (Fsp3) is 0.350. The minimum atomic E-state index is -0.208. The molecule has 5 nitrogen and oxygen atoms in total. The lowest BCUT2D eigenvalue weighted by Gasteiger charge is -2.34. The molecule has 1 aliphatic heterocycles. The van der Waals surface area contributed by atoms with Crippen molar-refractivity contribution >= 4 is 29.1 Å². The number of rotatable bonds is 7. The second kappa shape index (κ2) is 9.95. The molecular weight excluding hydrogens is 387 g/mol. The summed E-state index contributed by atoms with van der Waals surface area (Å²) in [5, 5.41) is 3.89. The van der Waals surface area contributed by atoms with Crippen LogP contribution in [0, 0.1) is 0 Å². The third-order valence-corrected chi connectivity index (χ3v) is 4.96. The Morgan fingerprint density at radius 3 is 2.63 bits per heavy atom. The van der Waals surface area contributed by atoms with Crippen molar-refractivity contribution in [2.45, 2.75) is 6.04 Å². The van der Waals surface area contributed by atoms with Gasteiger partial charge < -0.3 is 14.8 Å². The molecule has 0 radical (unpaired) electrons. The summed E-state index contributed by atoms with van der Waals surface area (Å²) in [7, 11) is 0. The monoisotopic (exact) mass is 408 g/mol. The smallest absolute Gasteiger partial charge is 0.258 e. The number of carbonyl (C=O) groups excluding carboxylic acids is 1. The van der Waals surface area contributed by atoms with Crippen LogP contribution < -0.4 is 10.1 Å². The van der Waals surface area contributed by atoms with Gasteiger partial charge in [0.05, 0.1) is 24.3 Å². The minimum absolute atomic E-state index is 0.0915. The molecule has 0 bridgehead atoms. The summed E-state index contributed by atoms with van der Waals surface area (Å²) < 4.78 is 10.9. The molecule has 1 unspecified atom stereocenters. The van der Waals surface area contributed by atoms with Crippen molar-refractivity contribution in [2.75, 3.05) is 39.5 Å². The average Bonchev–Trinajstić information content (AvgIpc) is 2.70. The first-order chi connectivity index (χ1) is 13.1. The lowest BCUT2D eigenvalue weighted by molar-refractivity contribution is -0.123. The van der Waals surface area contributed by atoms with Gasteiger partial charge in [-0.05, 0) is 17.7 Å².